The molecule has 106 valence electrons. The minimum atomic E-state index is -4.51. The maximum absolute atomic E-state index is 12.6. The Morgan fingerprint density at radius 3 is 2.63 bits per heavy atom. The van der Waals surface area contributed by atoms with Crippen LogP contribution in [0.3, 0.4) is 0 Å². The molecule has 1 fully saturated rings. The molecule has 0 radical (unpaired) electrons. The van der Waals surface area contributed by atoms with Crippen LogP contribution in [0.25, 0.3) is 0 Å². The summed E-state index contributed by atoms with van der Waals surface area (Å²) in [4.78, 5) is 7.01. The third-order valence-electron chi connectivity index (χ3n) is 3.15. The molecule has 1 atom stereocenters. The Bertz CT molecular complexity index is 446. The third-order valence-corrected chi connectivity index (χ3v) is 3.32. The number of nitrogens with zero attached hydrogens (tertiary/aromatic N) is 2. The van der Waals surface area contributed by atoms with Gasteiger partial charge in [0.25, 0.3) is 0 Å². The fourth-order valence-electron chi connectivity index (χ4n) is 1.93. The molecule has 0 amide bonds. The number of aromatic nitrogens is 2. The van der Waals surface area contributed by atoms with Crippen LogP contribution in [-0.4, -0.2) is 16.0 Å². The zero-order chi connectivity index (χ0) is 14.0. The van der Waals surface area contributed by atoms with Crippen molar-refractivity contribution in [2.24, 2.45) is 5.92 Å². The van der Waals surface area contributed by atoms with Crippen molar-refractivity contribution in [2.75, 3.05) is 5.32 Å². The van der Waals surface area contributed by atoms with Gasteiger partial charge < -0.3 is 5.32 Å². The molecule has 1 unspecified atom stereocenters. The Morgan fingerprint density at radius 2 is 2.11 bits per heavy atom. The Balaban J connectivity index is 2.11. The molecule has 0 saturated heterocycles. The molecule has 0 bridgehead atoms. The number of halogens is 4. The van der Waals surface area contributed by atoms with E-state index >= 15 is 0 Å². The Kier molecular flexibility index (Phi) is 4.18. The number of nitrogens with one attached hydrogen (secondary N) is 1. The van der Waals surface area contributed by atoms with E-state index in [4.69, 9.17) is 11.6 Å². The van der Waals surface area contributed by atoms with Gasteiger partial charge in [-0.15, -0.1) is 0 Å². The van der Waals surface area contributed by atoms with Gasteiger partial charge in [-0.3, -0.25) is 0 Å². The second-order valence-corrected chi connectivity index (χ2v) is 5.17. The molecule has 0 aliphatic heterocycles. The summed E-state index contributed by atoms with van der Waals surface area (Å²) >= 11 is 5.54. The lowest BCUT2D eigenvalue weighted by Crippen LogP contribution is -2.21. The average Bonchev–Trinajstić information content (AvgIpc) is 3.10. The van der Waals surface area contributed by atoms with Crippen molar-refractivity contribution in [1.82, 2.24) is 9.97 Å². The van der Waals surface area contributed by atoms with E-state index in [1.54, 1.807) is 0 Å². The van der Waals surface area contributed by atoms with E-state index in [2.05, 4.69) is 15.3 Å². The highest BCUT2D eigenvalue weighted by Crippen LogP contribution is 2.35. The topological polar surface area (TPSA) is 37.8 Å². The van der Waals surface area contributed by atoms with Crippen LogP contribution in [-0.2, 0) is 6.18 Å². The number of rotatable bonds is 5. The molecule has 1 N–H and O–H groups in total. The summed E-state index contributed by atoms with van der Waals surface area (Å²) in [5.41, 5.74) is -1.02. The number of anilines is 1. The van der Waals surface area contributed by atoms with Crippen LogP contribution < -0.4 is 5.32 Å². The van der Waals surface area contributed by atoms with E-state index in [9.17, 15) is 13.2 Å². The molecule has 19 heavy (non-hydrogen) atoms. The summed E-state index contributed by atoms with van der Waals surface area (Å²) in [5.74, 6) is 0.830. The summed E-state index contributed by atoms with van der Waals surface area (Å²) in [6, 6.07) is 1.03. The summed E-state index contributed by atoms with van der Waals surface area (Å²) < 4.78 is 37.8. The minimum absolute atomic E-state index is 0.125. The van der Waals surface area contributed by atoms with E-state index in [0.717, 1.165) is 18.9 Å². The molecule has 0 spiro atoms. The van der Waals surface area contributed by atoms with Crippen molar-refractivity contribution in [3.05, 3.63) is 17.0 Å². The van der Waals surface area contributed by atoms with Crippen LogP contribution in [0.2, 0.25) is 5.28 Å². The second kappa shape index (κ2) is 5.53. The zero-order valence-electron chi connectivity index (χ0n) is 10.5. The largest absolute Gasteiger partial charge is 0.433 e. The molecule has 1 aromatic rings. The maximum atomic E-state index is 12.6. The monoisotopic (exact) mass is 293 g/mol. The molecule has 1 aliphatic rings. The van der Waals surface area contributed by atoms with Crippen LogP contribution >= 0.6 is 11.6 Å². The van der Waals surface area contributed by atoms with Gasteiger partial charge in [0.2, 0.25) is 5.28 Å². The standard InChI is InChI=1S/C12H15ClF3N3/c1-2-8(5-7-3-4-7)17-10-6-9(12(14,15)16)18-11(13)19-10/h6-8H,2-5H2,1H3,(H,17,18,19). The van der Waals surface area contributed by atoms with Crippen LogP contribution in [0.15, 0.2) is 6.07 Å². The molecule has 7 heteroatoms. The molecular weight excluding hydrogens is 279 g/mol. The minimum Gasteiger partial charge on any atom is -0.367 e. The van der Waals surface area contributed by atoms with Crippen LogP contribution in [0.4, 0.5) is 19.0 Å². The quantitative estimate of drug-likeness (QED) is 0.829. The second-order valence-electron chi connectivity index (χ2n) is 4.83. The van der Waals surface area contributed by atoms with Gasteiger partial charge in [-0.25, -0.2) is 9.97 Å². The van der Waals surface area contributed by atoms with Crippen LogP contribution in [0, 0.1) is 5.92 Å². The van der Waals surface area contributed by atoms with Crippen molar-refractivity contribution in [3.63, 3.8) is 0 Å². The van der Waals surface area contributed by atoms with E-state index in [1.807, 2.05) is 6.92 Å². The molecule has 1 saturated carbocycles. The normalized spacial score (nSPS) is 17.3. The Labute approximate surface area is 114 Å². The lowest BCUT2D eigenvalue weighted by atomic mass is 10.1. The van der Waals surface area contributed by atoms with Gasteiger partial charge in [0, 0.05) is 12.1 Å². The summed E-state index contributed by atoms with van der Waals surface area (Å²) in [6.45, 7) is 1.99. The number of hydrogen-bond donors (Lipinski definition) is 1. The molecule has 1 aromatic heterocycles. The van der Waals surface area contributed by atoms with Crippen LogP contribution in [0.1, 0.15) is 38.3 Å². The molecule has 1 aliphatic carbocycles. The highest BCUT2D eigenvalue weighted by Gasteiger charge is 2.34. The Hall–Kier alpha value is -1.04. The van der Waals surface area contributed by atoms with Crippen molar-refractivity contribution in [3.8, 4) is 0 Å². The predicted molar refractivity (Wildman–Crippen MR) is 67.1 cm³/mol. The fraction of sp³-hybridized carbons (Fsp3) is 0.667. The van der Waals surface area contributed by atoms with Crippen molar-refractivity contribution in [2.45, 2.75) is 44.8 Å². The highest BCUT2D eigenvalue weighted by molar-refractivity contribution is 6.28. The molecule has 3 nitrogen and oxygen atoms in total. The first-order chi connectivity index (χ1) is 8.88. The smallest absolute Gasteiger partial charge is 0.367 e. The molecule has 2 rings (SSSR count). The molecular formula is C12H15ClF3N3. The van der Waals surface area contributed by atoms with E-state index in [0.29, 0.717) is 5.92 Å². The Morgan fingerprint density at radius 1 is 1.42 bits per heavy atom. The van der Waals surface area contributed by atoms with Gasteiger partial charge in [-0.05, 0) is 30.4 Å². The van der Waals surface area contributed by atoms with E-state index < -0.39 is 17.2 Å². The van der Waals surface area contributed by atoms with Crippen LogP contribution in [0.5, 0.6) is 0 Å². The molecule has 0 aromatic carbocycles. The summed E-state index contributed by atoms with van der Waals surface area (Å²) in [7, 11) is 0. The van der Waals surface area contributed by atoms with E-state index in [1.165, 1.54) is 12.8 Å². The SMILES string of the molecule is CCC(CC1CC1)Nc1cc(C(F)(F)F)nc(Cl)n1. The number of hydrogen-bond acceptors (Lipinski definition) is 3. The maximum Gasteiger partial charge on any atom is 0.433 e. The van der Waals surface area contributed by atoms with Gasteiger partial charge >= 0.3 is 6.18 Å². The van der Waals surface area contributed by atoms with E-state index in [-0.39, 0.29) is 11.9 Å². The van der Waals surface area contributed by atoms with Gasteiger partial charge in [-0.1, -0.05) is 19.8 Å². The van der Waals surface area contributed by atoms with Crippen molar-refractivity contribution < 1.29 is 13.2 Å². The lowest BCUT2D eigenvalue weighted by Gasteiger charge is -2.18. The zero-order valence-corrected chi connectivity index (χ0v) is 11.2. The molecule has 1 heterocycles. The predicted octanol–water partition coefficient (Wildman–Crippen LogP) is 4.14. The summed E-state index contributed by atoms with van der Waals surface area (Å²) in [6.07, 6.45) is -0.312. The van der Waals surface area contributed by atoms with Gasteiger partial charge in [0.05, 0.1) is 0 Å². The first kappa shape index (κ1) is 14.4. The van der Waals surface area contributed by atoms with Crippen molar-refractivity contribution in [1.29, 1.82) is 0 Å². The average molecular weight is 294 g/mol. The number of alkyl halides is 3. The van der Waals surface area contributed by atoms with Gasteiger partial charge in [0.1, 0.15) is 5.82 Å². The van der Waals surface area contributed by atoms with Gasteiger partial charge in [0.15, 0.2) is 5.69 Å². The van der Waals surface area contributed by atoms with Gasteiger partial charge in [-0.2, -0.15) is 13.2 Å². The lowest BCUT2D eigenvalue weighted by molar-refractivity contribution is -0.141. The first-order valence-corrected chi connectivity index (χ1v) is 6.64. The third kappa shape index (κ3) is 4.23. The fourth-order valence-corrected chi connectivity index (χ4v) is 2.11. The summed E-state index contributed by atoms with van der Waals surface area (Å²) in [5, 5.41) is 2.63. The highest BCUT2D eigenvalue weighted by atomic mass is 35.5. The first-order valence-electron chi connectivity index (χ1n) is 6.26. The van der Waals surface area contributed by atoms with Crippen molar-refractivity contribution >= 4 is 17.4 Å².